The molecule has 0 aromatic carbocycles. The summed E-state index contributed by atoms with van der Waals surface area (Å²) in [6, 6.07) is 0. The Balaban J connectivity index is 4.26. The molecule has 1 unspecified atom stereocenters. The maximum atomic E-state index is 12.5. The molecule has 0 aromatic heterocycles. The first kappa shape index (κ1) is 53.8. The summed E-state index contributed by atoms with van der Waals surface area (Å²) in [4.78, 5) is 37.2. The van der Waals surface area contributed by atoms with E-state index in [-0.39, 0.29) is 44.6 Å². The molecule has 0 fully saturated rings. The van der Waals surface area contributed by atoms with Crippen LogP contribution in [0.15, 0.2) is 24.3 Å². The van der Waals surface area contributed by atoms with Gasteiger partial charge in [0.1, 0.15) is 0 Å². The van der Waals surface area contributed by atoms with Crippen LogP contribution in [0, 0.1) is 11.8 Å². The molecule has 0 aromatic rings. The predicted molar refractivity (Wildman–Crippen MR) is 228 cm³/mol. The highest BCUT2D eigenvalue weighted by Gasteiger charge is 2.17. The molecule has 56 heavy (non-hydrogen) atoms. The Bertz CT molecular complexity index is 914. The Hall–Kier alpha value is -2.23. The summed E-state index contributed by atoms with van der Waals surface area (Å²) in [5, 5.41) is 9.78. The standard InChI is InChI=1S/C47H86O9/c1-5-9-13-17-21-27-36-53-47(54-37-28-22-18-14-10-6-2)34-33-46(51)56-41-43(39-48)40-55-45(50)32-26-20-19-25-31-44(49)52-38-35-42(29-23-15-11-7-3)30-24-16-12-8-4/h9-10,13-14,42-43,47-48H,5-8,11-12,15-41H2,1-4H3/b13-9-,14-10-. The van der Waals surface area contributed by atoms with E-state index in [1.165, 1.54) is 64.2 Å². The van der Waals surface area contributed by atoms with E-state index in [1.807, 2.05) is 0 Å². The molecule has 1 N–H and O–H groups in total. The second-order valence-electron chi connectivity index (χ2n) is 15.4. The fraction of sp³-hybridized carbons (Fsp3) is 0.851. The second kappa shape index (κ2) is 42.4. The topological polar surface area (TPSA) is 118 Å². The minimum Gasteiger partial charge on any atom is -0.466 e. The lowest BCUT2D eigenvalue weighted by atomic mass is 9.92. The van der Waals surface area contributed by atoms with Gasteiger partial charge in [-0.25, -0.2) is 0 Å². The van der Waals surface area contributed by atoms with Gasteiger partial charge in [-0.2, -0.15) is 0 Å². The fourth-order valence-corrected chi connectivity index (χ4v) is 6.35. The number of carbonyl (C=O) groups is 3. The van der Waals surface area contributed by atoms with Crippen molar-refractivity contribution in [2.75, 3.05) is 39.6 Å². The first-order chi connectivity index (χ1) is 27.4. The van der Waals surface area contributed by atoms with E-state index in [0.29, 0.717) is 45.0 Å². The van der Waals surface area contributed by atoms with E-state index in [2.05, 4.69) is 52.0 Å². The van der Waals surface area contributed by atoms with Gasteiger partial charge in [-0.05, 0) is 76.5 Å². The Morgan fingerprint density at radius 2 is 0.946 bits per heavy atom. The van der Waals surface area contributed by atoms with Gasteiger partial charge in [0.15, 0.2) is 6.29 Å². The van der Waals surface area contributed by atoms with Crippen LogP contribution in [0.2, 0.25) is 0 Å². The molecular formula is C47H86O9. The van der Waals surface area contributed by atoms with Crippen molar-refractivity contribution in [3.05, 3.63) is 24.3 Å². The van der Waals surface area contributed by atoms with Crippen molar-refractivity contribution in [3.63, 3.8) is 0 Å². The summed E-state index contributed by atoms with van der Waals surface area (Å²) in [5.74, 6) is -0.699. The predicted octanol–water partition coefficient (Wildman–Crippen LogP) is 11.9. The Morgan fingerprint density at radius 1 is 0.464 bits per heavy atom. The van der Waals surface area contributed by atoms with Crippen LogP contribution in [0.25, 0.3) is 0 Å². The van der Waals surface area contributed by atoms with E-state index < -0.39 is 18.2 Å². The maximum Gasteiger partial charge on any atom is 0.305 e. The summed E-state index contributed by atoms with van der Waals surface area (Å²) < 4.78 is 28.3. The largest absolute Gasteiger partial charge is 0.466 e. The van der Waals surface area contributed by atoms with Gasteiger partial charge in [-0.1, -0.05) is 129 Å². The van der Waals surface area contributed by atoms with Gasteiger partial charge in [0, 0.05) is 32.5 Å². The van der Waals surface area contributed by atoms with Crippen LogP contribution in [0.4, 0.5) is 0 Å². The number of rotatable bonds is 42. The van der Waals surface area contributed by atoms with Crippen molar-refractivity contribution in [2.24, 2.45) is 11.8 Å². The van der Waals surface area contributed by atoms with Gasteiger partial charge in [0.25, 0.3) is 0 Å². The molecule has 0 aliphatic carbocycles. The third-order valence-electron chi connectivity index (χ3n) is 9.98. The number of hydrogen-bond acceptors (Lipinski definition) is 9. The van der Waals surface area contributed by atoms with E-state index in [4.69, 9.17) is 23.7 Å². The summed E-state index contributed by atoms with van der Waals surface area (Å²) in [6.45, 7) is 10.1. The monoisotopic (exact) mass is 795 g/mol. The molecule has 0 saturated heterocycles. The molecule has 0 radical (unpaired) electrons. The highest BCUT2D eigenvalue weighted by molar-refractivity contribution is 5.70. The number of aliphatic hydroxyl groups is 1. The van der Waals surface area contributed by atoms with Crippen LogP contribution in [0.3, 0.4) is 0 Å². The Labute approximate surface area is 343 Å². The quantitative estimate of drug-likeness (QED) is 0.0212. The average Bonchev–Trinajstić information content (AvgIpc) is 3.20. The lowest BCUT2D eigenvalue weighted by molar-refractivity contribution is -0.161. The van der Waals surface area contributed by atoms with Crippen LogP contribution >= 0.6 is 0 Å². The minimum absolute atomic E-state index is 0.0114. The molecule has 0 aliphatic heterocycles. The summed E-state index contributed by atoms with van der Waals surface area (Å²) in [6.07, 6.45) is 34.3. The summed E-state index contributed by atoms with van der Waals surface area (Å²) in [7, 11) is 0. The molecule has 0 bridgehead atoms. The Kier molecular flexibility index (Phi) is 40.7. The van der Waals surface area contributed by atoms with Crippen LogP contribution < -0.4 is 0 Å². The average molecular weight is 795 g/mol. The molecule has 0 spiro atoms. The van der Waals surface area contributed by atoms with Crippen molar-refractivity contribution >= 4 is 17.9 Å². The molecule has 9 nitrogen and oxygen atoms in total. The number of ether oxygens (including phenoxy) is 5. The maximum absolute atomic E-state index is 12.5. The number of hydrogen-bond donors (Lipinski definition) is 1. The van der Waals surface area contributed by atoms with Crippen molar-refractivity contribution in [3.8, 4) is 0 Å². The Morgan fingerprint density at radius 3 is 1.43 bits per heavy atom. The lowest BCUT2D eigenvalue weighted by Crippen LogP contribution is -2.25. The zero-order chi connectivity index (χ0) is 41.2. The number of aliphatic hydroxyl groups excluding tert-OH is 1. The van der Waals surface area contributed by atoms with E-state index in [1.54, 1.807) is 0 Å². The minimum atomic E-state index is -0.488. The number of esters is 3. The normalized spacial score (nSPS) is 12.3. The number of unbranched alkanes of at least 4 members (excludes halogenated alkanes) is 13. The summed E-state index contributed by atoms with van der Waals surface area (Å²) >= 11 is 0. The second-order valence-corrected chi connectivity index (χ2v) is 15.4. The lowest BCUT2D eigenvalue weighted by Gasteiger charge is -2.19. The zero-order valence-electron chi connectivity index (χ0n) is 36.6. The molecule has 0 aliphatic rings. The van der Waals surface area contributed by atoms with Gasteiger partial charge in [-0.15, -0.1) is 0 Å². The molecule has 0 saturated carbocycles. The van der Waals surface area contributed by atoms with Crippen LogP contribution in [0.5, 0.6) is 0 Å². The van der Waals surface area contributed by atoms with Crippen molar-refractivity contribution in [2.45, 2.75) is 207 Å². The third-order valence-corrected chi connectivity index (χ3v) is 9.98. The van der Waals surface area contributed by atoms with Gasteiger partial charge in [0.05, 0.1) is 38.8 Å². The molecule has 1 atom stereocenters. The zero-order valence-corrected chi connectivity index (χ0v) is 36.6. The van der Waals surface area contributed by atoms with Crippen molar-refractivity contribution in [1.82, 2.24) is 0 Å². The fourth-order valence-electron chi connectivity index (χ4n) is 6.35. The SMILES string of the molecule is CC/C=C\CCCCOC(CCC(=O)OCC(CO)COC(=O)CCCCCCC(=O)OCCC(CCCCCC)CCCCCC)OCCCC/C=C\CC. The van der Waals surface area contributed by atoms with E-state index in [0.717, 1.165) is 77.0 Å². The molecular weight excluding hydrogens is 709 g/mol. The summed E-state index contributed by atoms with van der Waals surface area (Å²) in [5.41, 5.74) is 0. The highest BCUT2D eigenvalue weighted by atomic mass is 16.7. The first-order valence-electron chi connectivity index (χ1n) is 23.0. The first-order valence-corrected chi connectivity index (χ1v) is 23.0. The van der Waals surface area contributed by atoms with Gasteiger partial charge in [0.2, 0.25) is 0 Å². The number of allylic oxidation sites excluding steroid dienone is 4. The molecule has 0 rings (SSSR count). The molecule has 328 valence electrons. The third kappa shape index (κ3) is 37.4. The smallest absolute Gasteiger partial charge is 0.305 e. The van der Waals surface area contributed by atoms with Crippen LogP contribution in [-0.4, -0.2) is 68.9 Å². The molecule has 9 heteroatoms. The number of carbonyl (C=O) groups excluding carboxylic acids is 3. The van der Waals surface area contributed by atoms with Crippen LogP contribution in [0.1, 0.15) is 201 Å². The van der Waals surface area contributed by atoms with Crippen LogP contribution in [-0.2, 0) is 38.1 Å². The van der Waals surface area contributed by atoms with Crippen molar-refractivity contribution < 1.29 is 43.2 Å². The molecule has 0 heterocycles. The van der Waals surface area contributed by atoms with Gasteiger partial charge < -0.3 is 28.8 Å². The van der Waals surface area contributed by atoms with Crippen molar-refractivity contribution in [1.29, 1.82) is 0 Å². The van der Waals surface area contributed by atoms with E-state index >= 15 is 0 Å². The highest BCUT2D eigenvalue weighted by Crippen LogP contribution is 2.22. The van der Waals surface area contributed by atoms with E-state index in [9.17, 15) is 19.5 Å². The van der Waals surface area contributed by atoms with Gasteiger partial charge >= 0.3 is 17.9 Å². The molecule has 0 amide bonds. The van der Waals surface area contributed by atoms with Gasteiger partial charge in [-0.3, -0.25) is 14.4 Å².